The number of rotatable bonds is 12. The third-order valence-electron chi connectivity index (χ3n) is 12.3. The van der Waals surface area contributed by atoms with Gasteiger partial charge in [-0.3, -0.25) is 9.97 Å². The summed E-state index contributed by atoms with van der Waals surface area (Å²) in [7, 11) is 5.64. The summed E-state index contributed by atoms with van der Waals surface area (Å²) in [5.41, 5.74) is 14.6. The van der Waals surface area contributed by atoms with Crippen LogP contribution in [0.25, 0.3) is 23.0 Å². The summed E-state index contributed by atoms with van der Waals surface area (Å²) in [4.78, 5) is 43.4. The van der Waals surface area contributed by atoms with E-state index in [0.29, 0.717) is 29.7 Å². The van der Waals surface area contributed by atoms with Gasteiger partial charge in [0.2, 0.25) is 5.82 Å². The van der Waals surface area contributed by atoms with Crippen LogP contribution in [0.3, 0.4) is 0 Å². The number of hydrogen-bond acceptors (Lipinski definition) is 17. The van der Waals surface area contributed by atoms with Crippen molar-refractivity contribution in [2.24, 2.45) is 10.9 Å². The number of hydrogen-bond donors (Lipinski definition) is 2. The Bertz CT molecular complexity index is 3090. The maximum Gasteiger partial charge on any atom is 0.573 e. The molecule has 406 valence electrons. The van der Waals surface area contributed by atoms with E-state index < -0.39 is 18.7 Å². The number of halogens is 6. The minimum absolute atomic E-state index is 0.172. The van der Waals surface area contributed by atoms with Crippen molar-refractivity contribution in [1.82, 2.24) is 39.9 Å². The van der Waals surface area contributed by atoms with Gasteiger partial charge in [-0.2, -0.15) is 4.98 Å². The number of amidine groups is 1. The summed E-state index contributed by atoms with van der Waals surface area (Å²) in [5.74, 6) is -0.945. The lowest BCUT2D eigenvalue weighted by atomic mass is 10.1. The molecule has 0 bridgehead atoms. The number of nitrogens with zero attached hydrogens (tertiary/aromatic N) is 11. The van der Waals surface area contributed by atoms with Crippen molar-refractivity contribution in [3.05, 3.63) is 155 Å². The lowest BCUT2D eigenvalue weighted by Crippen LogP contribution is -2.44. The van der Waals surface area contributed by atoms with Gasteiger partial charge in [0.25, 0.3) is 5.89 Å². The minimum Gasteiger partial charge on any atom is -0.464 e. The number of anilines is 2. The van der Waals surface area contributed by atoms with E-state index in [1.165, 1.54) is 61.1 Å². The Kier molecular flexibility index (Phi) is 18.6. The molecule has 9 rings (SSSR count). The van der Waals surface area contributed by atoms with Crippen molar-refractivity contribution >= 4 is 23.2 Å². The molecular weight excluding hydrogens is 1010 g/mol. The maximum absolute atomic E-state index is 12.4. The highest BCUT2D eigenvalue weighted by atomic mass is 19.4. The van der Waals surface area contributed by atoms with E-state index in [1.807, 2.05) is 13.8 Å². The third-order valence-corrected chi connectivity index (χ3v) is 12.3. The Morgan fingerprint density at radius 2 is 1.16 bits per heavy atom. The molecule has 3 aromatic heterocycles. The maximum atomic E-state index is 12.4. The first-order valence-corrected chi connectivity index (χ1v) is 24.0. The molecule has 2 saturated heterocycles. The van der Waals surface area contributed by atoms with Crippen LogP contribution in [0.1, 0.15) is 50.0 Å². The fourth-order valence-electron chi connectivity index (χ4n) is 7.99. The number of benzene rings is 4. The van der Waals surface area contributed by atoms with Crippen molar-refractivity contribution in [2.45, 2.75) is 39.4 Å². The normalized spacial score (nSPS) is 14.5. The Morgan fingerprint density at radius 3 is 1.64 bits per heavy atom. The smallest absolute Gasteiger partial charge is 0.464 e. The molecule has 7 aromatic rings. The molecule has 0 atom stereocenters. The Labute approximate surface area is 439 Å². The number of nitrogens with two attached hydrogens (primary N) is 1. The van der Waals surface area contributed by atoms with Crippen molar-refractivity contribution in [1.29, 1.82) is 0 Å². The van der Waals surface area contributed by atoms with Crippen LogP contribution >= 0.6 is 0 Å². The van der Waals surface area contributed by atoms with Crippen LogP contribution in [-0.2, 0) is 17.6 Å². The standard InChI is InChI=1S/C26H25F3N6O2.C19H24N4O2.C8H7F3N2O2/c1-17-22(15-18-4-3-5-20(14-18)35-12-10-34(2)11-13-35)31-23(16-30-17)25-32-24(33-37-25)19-6-8-21(9-7-19)36-26(27,28)29;1-14-17(21-18(13-20-14)19(24)25-3)12-15-5-4-6-16(11-15)23-9-7-22(2)8-10-23;9-8(10,11)15-6-3-1-5(2-4-6)7(12)13-14/h3-9,14,16H,10-13,15H2,1-2H3;4-6,11,13H,7-10,12H2,1-3H3;1-4,14H,(H2,12,13). The Balaban J connectivity index is 0.000000185. The van der Waals surface area contributed by atoms with Crippen molar-refractivity contribution in [3.8, 4) is 34.5 Å². The number of carbonyl (C=O) groups excluding carboxylic acids is 1. The van der Waals surface area contributed by atoms with Gasteiger partial charge in [0, 0.05) is 87.7 Å². The van der Waals surface area contributed by atoms with E-state index in [9.17, 15) is 31.1 Å². The average molecular weight is 1070 g/mol. The number of carbonyl (C=O) groups is 1. The van der Waals surface area contributed by atoms with Crippen LogP contribution in [0.5, 0.6) is 11.5 Å². The number of aromatic nitrogens is 6. The summed E-state index contributed by atoms with van der Waals surface area (Å²) in [6.45, 7) is 12.1. The molecule has 2 aliphatic heterocycles. The predicted octanol–water partition coefficient (Wildman–Crippen LogP) is 8.34. The predicted molar refractivity (Wildman–Crippen MR) is 274 cm³/mol. The topological polar surface area (TPSA) is 207 Å². The van der Waals surface area contributed by atoms with E-state index in [2.05, 4.69) is 122 Å². The van der Waals surface area contributed by atoms with Crippen LogP contribution in [0.2, 0.25) is 0 Å². The molecule has 0 radical (unpaired) electrons. The first-order chi connectivity index (χ1) is 36.7. The largest absolute Gasteiger partial charge is 0.573 e. The highest BCUT2D eigenvalue weighted by molar-refractivity contribution is 5.97. The Morgan fingerprint density at radius 1 is 0.675 bits per heavy atom. The minimum atomic E-state index is -4.76. The van der Waals surface area contributed by atoms with Gasteiger partial charge in [0.05, 0.1) is 42.3 Å². The number of aryl methyl sites for hydroxylation is 2. The molecule has 18 nitrogen and oxygen atoms in total. The third kappa shape index (κ3) is 16.6. The van der Waals surface area contributed by atoms with E-state index in [1.54, 1.807) is 6.20 Å². The highest BCUT2D eigenvalue weighted by Crippen LogP contribution is 2.28. The zero-order valence-corrected chi connectivity index (χ0v) is 42.7. The van der Waals surface area contributed by atoms with Gasteiger partial charge >= 0.3 is 18.7 Å². The first-order valence-electron chi connectivity index (χ1n) is 24.0. The van der Waals surface area contributed by atoms with Gasteiger partial charge < -0.3 is 49.3 Å². The average Bonchev–Trinajstić information content (AvgIpc) is 3.91. The number of likely N-dealkylation sites (N-methyl/N-ethyl adjacent to an activating group) is 2. The summed E-state index contributed by atoms with van der Waals surface area (Å²) < 4.78 is 90.1. The van der Waals surface area contributed by atoms with Crippen LogP contribution < -0.4 is 25.0 Å². The number of piperazine rings is 2. The first kappa shape index (κ1) is 56.3. The molecule has 0 saturated carbocycles. The molecule has 5 heterocycles. The van der Waals surface area contributed by atoms with Gasteiger partial charge in [-0.1, -0.05) is 34.6 Å². The Hall–Kier alpha value is -8.38. The second kappa shape index (κ2) is 25.4. The lowest BCUT2D eigenvalue weighted by molar-refractivity contribution is -0.275. The lowest BCUT2D eigenvalue weighted by Gasteiger charge is -2.34. The zero-order valence-electron chi connectivity index (χ0n) is 42.7. The molecule has 77 heavy (non-hydrogen) atoms. The summed E-state index contributed by atoms with van der Waals surface area (Å²) >= 11 is 0. The molecule has 2 fully saturated rings. The molecule has 0 spiro atoms. The number of oxime groups is 1. The van der Waals surface area contributed by atoms with Crippen LogP contribution in [0.4, 0.5) is 37.7 Å². The van der Waals surface area contributed by atoms with Crippen LogP contribution in [0, 0.1) is 13.8 Å². The highest BCUT2D eigenvalue weighted by Gasteiger charge is 2.32. The molecule has 24 heteroatoms. The van der Waals surface area contributed by atoms with Crippen LogP contribution in [0.15, 0.2) is 119 Å². The molecule has 2 aliphatic rings. The summed E-state index contributed by atoms with van der Waals surface area (Å²) in [5, 5.41) is 14.9. The molecular formula is C53H56F6N12O6. The SMILES string of the molecule is COC(=O)c1cnc(C)c(Cc2cccc(N3CCN(C)CC3)c2)n1.Cc1ncc(-c2nc(-c3ccc(OC(F)(F)F)cc3)no2)nc1Cc1cccc(N2CCN(C)CC2)c1.N/C(=N\O)c1ccc(OC(F)(F)F)cc1. The number of ether oxygens (including phenoxy) is 3. The molecule has 0 unspecified atom stereocenters. The van der Waals surface area contributed by atoms with Crippen molar-refractivity contribution in [2.75, 3.05) is 83.4 Å². The molecule has 3 N–H and O–H groups in total. The second-order valence-corrected chi connectivity index (χ2v) is 17.9. The van der Waals surface area contributed by atoms with Gasteiger partial charge in [0.1, 0.15) is 17.2 Å². The van der Waals surface area contributed by atoms with E-state index >= 15 is 0 Å². The van der Waals surface area contributed by atoms with E-state index in [4.69, 9.17) is 25.2 Å². The molecule has 0 amide bonds. The fourth-order valence-corrected chi connectivity index (χ4v) is 7.99. The van der Waals surface area contributed by atoms with E-state index in [0.717, 1.165) is 98.4 Å². The molecule has 0 aliphatic carbocycles. The monoisotopic (exact) mass is 1070 g/mol. The number of methoxy groups -OCH3 is 1. The number of esters is 1. The summed E-state index contributed by atoms with van der Waals surface area (Å²) in [6.07, 6.45) is -5.21. The zero-order chi connectivity index (χ0) is 55.3. The number of alkyl halides is 6. The van der Waals surface area contributed by atoms with Crippen molar-refractivity contribution in [3.63, 3.8) is 0 Å². The van der Waals surface area contributed by atoms with Gasteiger partial charge in [-0.15, -0.1) is 26.3 Å². The fraction of sp³-hybridized carbons (Fsp3) is 0.321. The van der Waals surface area contributed by atoms with Gasteiger partial charge in [-0.05, 0) is 112 Å². The van der Waals surface area contributed by atoms with E-state index in [-0.39, 0.29) is 34.7 Å². The second-order valence-electron chi connectivity index (χ2n) is 17.9. The van der Waals surface area contributed by atoms with Gasteiger partial charge in [0.15, 0.2) is 11.5 Å². The van der Waals surface area contributed by atoms with Crippen LogP contribution in [-0.4, -0.2) is 143 Å². The summed E-state index contributed by atoms with van der Waals surface area (Å²) in [6, 6.07) is 26.9. The quantitative estimate of drug-likeness (QED) is 0.0294. The van der Waals surface area contributed by atoms with Gasteiger partial charge in [-0.25, -0.2) is 14.8 Å². The molecule has 4 aromatic carbocycles. The van der Waals surface area contributed by atoms with Crippen molar-refractivity contribution < 1.29 is 55.1 Å².